The number of aromatic nitrogens is 2. The third kappa shape index (κ3) is 4.34. The smallest absolute Gasteiger partial charge is 0.316 e. The first-order chi connectivity index (χ1) is 8.72. The number of unbranched alkanes of at least 4 members (excludes halogenated alkanes) is 1. The molecule has 0 unspecified atom stereocenters. The first-order valence-electron chi connectivity index (χ1n) is 6.16. The summed E-state index contributed by atoms with van der Waals surface area (Å²) < 4.78 is 6.84. The molecule has 1 aromatic rings. The average molecular weight is 272 g/mol. The Bertz CT molecular complexity index is 379. The largest absolute Gasteiger partial charge is 0.465 e. The molecule has 0 atom stereocenters. The van der Waals surface area contributed by atoms with Gasteiger partial charge in [-0.1, -0.05) is 25.1 Å². The van der Waals surface area contributed by atoms with Crippen molar-refractivity contribution in [1.29, 1.82) is 0 Å². The maximum atomic E-state index is 11.3. The number of nitrogens with zero attached hydrogens (tertiary/aromatic N) is 2. The van der Waals surface area contributed by atoms with Crippen molar-refractivity contribution in [3.8, 4) is 0 Å². The van der Waals surface area contributed by atoms with E-state index in [1.165, 1.54) is 11.8 Å². The molecule has 0 aromatic carbocycles. The van der Waals surface area contributed by atoms with Crippen molar-refractivity contribution < 1.29 is 14.6 Å². The van der Waals surface area contributed by atoms with Gasteiger partial charge in [0.15, 0.2) is 5.16 Å². The zero-order valence-corrected chi connectivity index (χ0v) is 11.7. The third-order valence-electron chi connectivity index (χ3n) is 2.42. The molecule has 0 aliphatic heterocycles. The van der Waals surface area contributed by atoms with Gasteiger partial charge in [-0.15, -0.1) is 0 Å². The Hall–Kier alpha value is -1.01. The van der Waals surface area contributed by atoms with E-state index in [-0.39, 0.29) is 18.3 Å². The lowest BCUT2D eigenvalue weighted by atomic mass is 10.3. The van der Waals surface area contributed by atoms with Gasteiger partial charge in [0.2, 0.25) is 0 Å². The van der Waals surface area contributed by atoms with Crippen molar-refractivity contribution in [3.63, 3.8) is 0 Å². The molecule has 18 heavy (non-hydrogen) atoms. The minimum atomic E-state index is -0.238. The fourth-order valence-electron chi connectivity index (χ4n) is 1.51. The summed E-state index contributed by atoms with van der Waals surface area (Å²) >= 11 is 1.35. The molecule has 0 radical (unpaired) electrons. The number of thioether (sulfide) groups is 1. The summed E-state index contributed by atoms with van der Waals surface area (Å²) in [7, 11) is 0. The molecule has 6 heteroatoms. The topological polar surface area (TPSA) is 64.3 Å². The maximum absolute atomic E-state index is 11.3. The molecule has 0 aliphatic carbocycles. The summed E-state index contributed by atoms with van der Waals surface area (Å²) in [4.78, 5) is 15.5. The van der Waals surface area contributed by atoms with Gasteiger partial charge in [0.05, 0.1) is 30.9 Å². The number of aliphatic hydroxyl groups is 1. The molecule has 1 N–H and O–H groups in total. The molecular weight excluding hydrogens is 252 g/mol. The standard InChI is InChI=1S/C12H20N2O3S/c1-3-5-6-14-10(8-15)7-13-12(14)18-9-11(16)17-4-2/h7,15H,3-6,8-9H2,1-2H3. The summed E-state index contributed by atoms with van der Waals surface area (Å²) in [6.07, 6.45) is 3.75. The lowest BCUT2D eigenvalue weighted by Gasteiger charge is -2.09. The van der Waals surface area contributed by atoms with Crippen LogP contribution in [0.2, 0.25) is 0 Å². The van der Waals surface area contributed by atoms with E-state index >= 15 is 0 Å². The Balaban J connectivity index is 2.63. The van der Waals surface area contributed by atoms with Crippen LogP contribution in [0.15, 0.2) is 11.4 Å². The summed E-state index contributed by atoms with van der Waals surface area (Å²) in [6.45, 7) is 5.08. The summed E-state index contributed by atoms with van der Waals surface area (Å²) in [6, 6.07) is 0. The number of aliphatic hydroxyl groups excluding tert-OH is 1. The highest BCUT2D eigenvalue weighted by Gasteiger charge is 2.11. The number of esters is 1. The number of carbonyl (C=O) groups is 1. The van der Waals surface area contributed by atoms with Crippen molar-refractivity contribution in [3.05, 3.63) is 11.9 Å². The van der Waals surface area contributed by atoms with E-state index in [4.69, 9.17) is 4.74 Å². The highest BCUT2D eigenvalue weighted by molar-refractivity contribution is 7.99. The van der Waals surface area contributed by atoms with E-state index in [1.807, 2.05) is 4.57 Å². The van der Waals surface area contributed by atoms with Crippen LogP contribution in [-0.2, 0) is 22.7 Å². The molecule has 0 saturated heterocycles. The van der Waals surface area contributed by atoms with Crippen LogP contribution in [0.4, 0.5) is 0 Å². The fraction of sp³-hybridized carbons (Fsp3) is 0.667. The third-order valence-corrected chi connectivity index (χ3v) is 3.39. The highest BCUT2D eigenvalue weighted by Crippen LogP contribution is 2.19. The van der Waals surface area contributed by atoms with Crippen molar-refractivity contribution >= 4 is 17.7 Å². The number of carbonyl (C=O) groups excluding carboxylic acids is 1. The predicted molar refractivity (Wildman–Crippen MR) is 70.4 cm³/mol. The maximum Gasteiger partial charge on any atom is 0.316 e. The Morgan fingerprint density at radius 3 is 2.94 bits per heavy atom. The monoisotopic (exact) mass is 272 g/mol. The van der Waals surface area contributed by atoms with E-state index < -0.39 is 0 Å². The number of imidazole rings is 1. The Morgan fingerprint density at radius 1 is 1.56 bits per heavy atom. The molecule has 0 bridgehead atoms. The molecule has 0 saturated carbocycles. The van der Waals surface area contributed by atoms with Crippen LogP contribution in [0.5, 0.6) is 0 Å². The van der Waals surface area contributed by atoms with Gasteiger partial charge in [0.25, 0.3) is 0 Å². The van der Waals surface area contributed by atoms with Gasteiger partial charge in [0, 0.05) is 6.54 Å². The molecule has 0 amide bonds. The van der Waals surface area contributed by atoms with E-state index in [9.17, 15) is 9.90 Å². The summed E-state index contributed by atoms with van der Waals surface area (Å²) in [5, 5.41) is 10.00. The summed E-state index contributed by atoms with van der Waals surface area (Å²) in [5.41, 5.74) is 0.787. The lowest BCUT2D eigenvalue weighted by Crippen LogP contribution is -2.09. The van der Waals surface area contributed by atoms with Gasteiger partial charge in [-0.05, 0) is 13.3 Å². The minimum absolute atomic E-state index is 0.0311. The molecule has 0 fully saturated rings. The van der Waals surface area contributed by atoms with Crippen LogP contribution in [0.1, 0.15) is 32.4 Å². The van der Waals surface area contributed by atoms with Gasteiger partial charge in [-0.3, -0.25) is 4.79 Å². The second-order valence-corrected chi connectivity index (χ2v) is 4.73. The van der Waals surface area contributed by atoms with Crippen LogP contribution in [0.3, 0.4) is 0 Å². The Morgan fingerprint density at radius 2 is 2.33 bits per heavy atom. The molecule has 102 valence electrons. The SMILES string of the molecule is CCCCn1c(CO)cnc1SCC(=O)OCC. The van der Waals surface area contributed by atoms with Crippen molar-refractivity contribution in [2.75, 3.05) is 12.4 Å². The average Bonchev–Trinajstić information content (AvgIpc) is 2.76. The zero-order valence-electron chi connectivity index (χ0n) is 10.9. The Kier molecular flexibility index (Phi) is 6.82. The van der Waals surface area contributed by atoms with Crippen LogP contribution >= 0.6 is 11.8 Å². The van der Waals surface area contributed by atoms with Gasteiger partial charge in [0.1, 0.15) is 0 Å². The normalized spacial score (nSPS) is 10.6. The van der Waals surface area contributed by atoms with Crippen LogP contribution in [-0.4, -0.2) is 33.0 Å². The van der Waals surface area contributed by atoms with Crippen LogP contribution < -0.4 is 0 Å². The molecule has 1 aromatic heterocycles. The number of ether oxygens (including phenoxy) is 1. The highest BCUT2D eigenvalue weighted by atomic mass is 32.2. The van der Waals surface area contributed by atoms with E-state index in [2.05, 4.69) is 11.9 Å². The van der Waals surface area contributed by atoms with Gasteiger partial charge < -0.3 is 14.4 Å². The number of hydrogen-bond acceptors (Lipinski definition) is 5. The Labute approximate surface area is 112 Å². The number of hydrogen-bond donors (Lipinski definition) is 1. The van der Waals surface area contributed by atoms with Crippen molar-refractivity contribution in [2.24, 2.45) is 0 Å². The molecule has 5 nitrogen and oxygen atoms in total. The van der Waals surface area contributed by atoms with Crippen molar-refractivity contribution in [2.45, 2.75) is 45.0 Å². The van der Waals surface area contributed by atoms with Crippen LogP contribution in [0.25, 0.3) is 0 Å². The molecule has 1 heterocycles. The van der Waals surface area contributed by atoms with Crippen LogP contribution in [0, 0.1) is 0 Å². The quantitative estimate of drug-likeness (QED) is 0.578. The molecular formula is C12H20N2O3S. The van der Waals surface area contributed by atoms with Gasteiger partial charge in [-0.2, -0.15) is 0 Å². The molecule has 0 spiro atoms. The summed E-state index contributed by atoms with van der Waals surface area (Å²) in [5.74, 6) is 0.0140. The van der Waals surface area contributed by atoms with E-state index in [0.717, 1.165) is 30.2 Å². The second-order valence-electron chi connectivity index (χ2n) is 3.79. The molecule has 0 aliphatic rings. The van der Waals surface area contributed by atoms with Gasteiger partial charge in [-0.25, -0.2) is 4.98 Å². The zero-order chi connectivity index (χ0) is 13.4. The first-order valence-corrected chi connectivity index (χ1v) is 7.15. The minimum Gasteiger partial charge on any atom is -0.465 e. The lowest BCUT2D eigenvalue weighted by molar-refractivity contribution is -0.139. The number of rotatable bonds is 8. The fourth-order valence-corrected chi connectivity index (χ4v) is 2.34. The van der Waals surface area contributed by atoms with Crippen molar-refractivity contribution in [1.82, 2.24) is 9.55 Å². The van der Waals surface area contributed by atoms with E-state index in [1.54, 1.807) is 13.1 Å². The molecule has 1 rings (SSSR count). The predicted octanol–water partition coefficient (Wildman–Crippen LogP) is 1.83. The second kappa shape index (κ2) is 8.16. The van der Waals surface area contributed by atoms with E-state index in [0.29, 0.717) is 6.61 Å². The first kappa shape index (κ1) is 15.0. The van der Waals surface area contributed by atoms with Gasteiger partial charge >= 0.3 is 5.97 Å².